The maximum atomic E-state index is 13.3. The molecule has 2 aliphatic rings. The molecule has 9 heteroatoms. The highest BCUT2D eigenvalue weighted by Crippen LogP contribution is 2.40. The summed E-state index contributed by atoms with van der Waals surface area (Å²) in [5.74, 6) is 0.737. The maximum Gasteiger partial charge on any atom is 0.416 e. The van der Waals surface area contributed by atoms with Crippen LogP contribution in [0.3, 0.4) is 0 Å². The van der Waals surface area contributed by atoms with E-state index >= 15 is 0 Å². The molecule has 0 saturated heterocycles. The van der Waals surface area contributed by atoms with Crippen LogP contribution in [0.2, 0.25) is 0 Å². The SMILES string of the molecule is O=[N+]([O-])c1cccc(C2(O)C[N+]3=C(CCCCC3)N2c2cccc(C(F)(F)F)c2)c1. The monoisotopic (exact) mass is 420 g/mol. The van der Waals surface area contributed by atoms with Crippen LogP contribution in [-0.4, -0.2) is 33.5 Å². The van der Waals surface area contributed by atoms with Crippen molar-refractivity contribution in [3.8, 4) is 0 Å². The number of non-ortho nitro benzene ring substituents is 1. The smallest absolute Gasteiger partial charge is 0.346 e. The topological polar surface area (TPSA) is 69.6 Å². The van der Waals surface area contributed by atoms with Crippen LogP contribution in [-0.2, 0) is 11.9 Å². The van der Waals surface area contributed by atoms with Crippen molar-refractivity contribution >= 4 is 17.2 Å². The van der Waals surface area contributed by atoms with E-state index < -0.39 is 22.4 Å². The molecule has 1 atom stereocenters. The summed E-state index contributed by atoms with van der Waals surface area (Å²) in [6, 6.07) is 10.5. The van der Waals surface area contributed by atoms with Crippen LogP contribution >= 0.6 is 0 Å². The van der Waals surface area contributed by atoms with E-state index in [0.29, 0.717) is 13.0 Å². The Balaban J connectivity index is 1.87. The van der Waals surface area contributed by atoms with Crippen LogP contribution in [0, 0.1) is 10.1 Å². The largest absolute Gasteiger partial charge is 0.416 e. The van der Waals surface area contributed by atoms with E-state index in [1.165, 1.54) is 35.2 Å². The molecule has 0 amide bonds. The highest BCUT2D eigenvalue weighted by molar-refractivity contribution is 5.97. The molecular formula is C21H21F3N3O3+. The normalized spacial score (nSPS) is 22.1. The number of anilines is 1. The highest BCUT2D eigenvalue weighted by atomic mass is 19.4. The van der Waals surface area contributed by atoms with Gasteiger partial charge in [0.05, 0.1) is 17.0 Å². The lowest BCUT2D eigenvalue weighted by molar-refractivity contribution is -0.534. The fraction of sp³-hybridized carbons (Fsp3) is 0.381. The summed E-state index contributed by atoms with van der Waals surface area (Å²) in [4.78, 5) is 12.2. The van der Waals surface area contributed by atoms with Crippen LogP contribution in [0.25, 0.3) is 0 Å². The van der Waals surface area contributed by atoms with Gasteiger partial charge in [-0.1, -0.05) is 18.2 Å². The number of alkyl halides is 3. The predicted octanol–water partition coefficient (Wildman–Crippen LogP) is 4.26. The third-order valence-corrected chi connectivity index (χ3v) is 5.68. The van der Waals surface area contributed by atoms with E-state index in [2.05, 4.69) is 0 Å². The fourth-order valence-electron chi connectivity index (χ4n) is 4.30. The zero-order valence-corrected chi connectivity index (χ0v) is 16.1. The molecule has 2 aromatic rings. The Labute approximate surface area is 171 Å². The minimum absolute atomic E-state index is 0.125. The average Bonchev–Trinajstić information content (AvgIpc) is 2.83. The summed E-state index contributed by atoms with van der Waals surface area (Å²) in [5, 5.41) is 23.0. The van der Waals surface area contributed by atoms with Crippen molar-refractivity contribution in [1.29, 1.82) is 0 Å². The van der Waals surface area contributed by atoms with Gasteiger partial charge in [-0.05, 0) is 37.5 Å². The van der Waals surface area contributed by atoms with Gasteiger partial charge in [0.2, 0.25) is 0 Å². The first-order valence-electron chi connectivity index (χ1n) is 9.76. The molecule has 0 saturated carbocycles. The predicted molar refractivity (Wildman–Crippen MR) is 104 cm³/mol. The van der Waals surface area contributed by atoms with Crippen molar-refractivity contribution < 1.29 is 27.8 Å². The van der Waals surface area contributed by atoms with Crippen molar-refractivity contribution in [2.45, 2.75) is 37.6 Å². The van der Waals surface area contributed by atoms with Gasteiger partial charge in [0.1, 0.15) is 5.69 Å². The van der Waals surface area contributed by atoms with Gasteiger partial charge in [-0.3, -0.25) is 14.7 Å². The molecule has 4 rings (SSSR count). The Bertz CT molecular complexity index is 1020. The first kappa shape index (κ1) is 20.3. The number of halogens is 3. The zero-order chi connectivity index (χ0) is 21.5. The number of hydrogen-bond donors (Lipinski definition) is 1. The molecule has 2 heterocycles. The quantitative estimate of drug-likeness (QED) is 0.458. The minimum atomic E-state index is -4.52. The van der Waals surface area contributed by atoms with Gasteiger partial charge in [-0.25, -0.2) is 0 Å². The van der Waals surface area contributed by atoms with Crippen LogP contribution < -0.4 is 4.90 Å². The number of nitro benzene ring substituents is 1. The molecule has 1 N–H and O–H groups in total. The zero-order valence-electron chi connectivity index (χ0n) is 16.1. The first-order valence-corrected chi connectivity index (χ1v) is 9.76. The molecule has 158 valence electrons. The van der Waals surface area contributed by atoms with Gasteiger partial charge in [-0.2, -0.15) is 18.1 Å². The van der Waals surface area contributed by atoms with Gasteiger partial charge >= 0.3 is 6.18 Å². The Morgan fingerprint density at radius 3 is 2.60 bits per heavy atom. The Kier molecular flexibility index (Phi) is 5.01. The van der Waals surface area contributed by atoms with Crippen molar-refractivity contribution in [1.82, 2.24) is 0 Å². The number of nitro groups is 1. The minimum Gasteiger partial charge on any atom is -0.346 e. The number of nitrogens with zero attached hydrogens (tertiary/aromatic N) is 3. The van der Waals surface area contributed by atoms with Gasteiger partial charge in [0.25, 0.3) is 17.2 Å². The summed E-state index contributed by atoms with van der Waals surface area (Å²) >= 11 is 0. The van der Waals surface area contributed by atoms with Crippen molar-refractivity contribution in [3.63, 3.8) is 0 Å². The fourth-order valence-corrected chi connectivity index (χ4v) is 4.30. The molecule has 0 spiro atoms. The molecule has 0 radical (unpaired) electrons. The number of benzene rings is 2. The third kappa shape index (κ3) is 3.54. The summed E-state index contributed by atoms with van der Waals surface area (Å²) in [6.45, 7) is 0.793. The summed E-state index contributed by atoms with van der Waals surface area (Å²) < 4.78 is 42.0. The van der Waals surface area contributed by atoms with E-state index in [1.54, 1.807) is 6.07 Å². The van der Waals surface area contributed by atoms with Gasteiger partial charge in [0, 0.05) is 24.1 Å². The first-order chi connectivity index (χ1) is 14.2. The maximum absolute atomic E-state index is 13.3. The number of aliphatic hydroxyl groups is 1. The van der Waals surface area contributed by atoms with E-state index in [0.717, 1.165) is 37.2 Å². The van der Waals surface area contributed by atoms with E-state index in [4.69, 9.17) is 0 Å². The molecular weight excluding hydrogens is 399 g/mol. The lowest BCUT2D eigenvalue weighted by atomic mass is 9.99. The van der Waals surface area contributed by atoms with Crippen LogP contribution in [0.5, 0.6) is 0 Å². The molecule has 0 aliphatic carbocycles. The molecule has 2 aromatic carbocycles. The Morgan fingerprint density at radius 2 is 1.87 bits per heavy atom. The van der Waals surface area contributed by atoms with Crippen molar-refractivity contribution in [2.75, 3.05) is 18.0 Å². The molecule has 6 nitrogen and oxygen atoms in total. The Morgan fingerprint density at radius 1 is 1.10 bits per heavy atom. The highest BCUT2D eigenvalue weighted by Gasteiger charge is 2.54. The second-order valence-corrected chi connectivity index (χ2v) is 7.66. The van der Waals surface area contributed by atoms with E-state index in [9.17, 15) is 28.4 Å². The lowest BCUT2D eigenvalue weighted by Crippen LogP contribution is -2.47. The molecule has 1 unspecified atom stereocenters. The molecule has 0 aromatic heterocycles. The van der Waals surface area contributed by atoms with E-state index in [1.807, 2.05) is 4.58 Å². The molecule has 0 bridgehead atoms. The molecule has 0 fully saturated rings. The lowest BCUT2D eigenvalue weighted by Gasteiger charge is -2.29. The van der Waals surface area contributed by atoms with Crippen LogP contribution in [0.15, 0.2) is 48.5 Å². The van der Waals surface area contributed by atoms with Crippen molar-refractivity contribution in [2.24, 2.45) is 0 Å². The summed E-state index contributed by atoms with van der Waals surface area (Å²) in [5.41, 5.74) is -2.23. The number of hydrogen-bond acceptors (Lipinski definition) is 4. The third-order valence-electron chi connectivity index (χ3n) is 5.68. The second kappa shape index (κ2) is 7.39. The standard InChI is InChI=1S/C21H21F3N3O3/c22-21(23,24)16-7-5-8-17(13-16)26-19-10-2-1-3-11-25(19)14-20(26,28)15-6-4-9-18(12-15)27(29)30/h4-9,12-13,28H,1-3,10-11,14H2/q+1. The average molecular weight is 420 g/mol. The second-order valence-electron chi connectivity index (χ2n) is 7.66. The van der Waals surface area contributed by atoms with Gasteiger partial charge in [-0.15, -0.1) is 0 Å². The molecule has 30 heavy (non-hydrogen) atoms. The number of rotatable bonds is 3. The van der Waals surface area contributed by atoms with Crippen LogP contribution in [0.4, 0.5) is 24.5 Å². The summed E-state index contributed by atoms with van der Waals surface area (Å²) in [7, 11) is 0. The summed E-state index contributed by atoms with van der Waals surface area (Å²) in [6.07, 6.45) is -1.16. The Hall–Kier alpha value is -2.94. The molecule has 2 aliphatic heterocycles. The van der Waals surface area contributed by atoms with Gasteiger partial charge < -0.3 is 5.11 Å². The van der Waals surface area contributed by atoms with Crippen molar-refractivity contribution in [3.05, 3.63) is 69.8 Å². The van der Waals surface area contributed by atoms with E-state index in [-0.39, 0.29) is 23.5 Å². The van der Waals surface area contributed by atoms with Crippen LogP contribution in [0.1, 0.15) is 36.8 Å². The number of amidine groups is 1. The van der Waals surface area contributed by atoms with Gasteiger partial charge in [0.15, 0.2) is 6.54 Å².